The summed E-state index contributed by atoms with van der Waals surface area (Å²) >= 11 is 0. The number of fused-ring (bicyclic) bond motifs is 1. The van der Waals surface area contributed by atoms with Crippen molar-refractivity contribution in [1.29, 1.82) is 5.26 Å². The van der Waals surface area contributed by atoms with Gasteiger partial charge in [0.1, 0.15) is 11.9 Å². The molecule has 128 valence electrons. The largest absolute Gasteiger partial charge is 0.352 e. The molecule has 0 amide bonds. The molecule has 5 nitrogen and oxygen atoms in total. The number of hydrogen-bond donors (Lipinski definition) is 1. The van der Waals surface area contributed by atoms with Crippen LogP contribution in [0.15, 0.2) is 54.6 Å². The van der Waals surface area contributed by atoms with Crippen LogP contribution in [0.2, 0.25) is 0 Å². The highest BCUT2D eigenvalue weighted by atomic mass is 15.2. The van der Waals surface area contributed by atoms with Crippen LogP contribution in [-0.2, 0) is 13.0 Å². The molecule has 0 spiro atoms. The second-order valence-corrected chi connectivity index (χ2v) is 6.41. The molecule has 0 aliphatic carbocycles. The third-order valence-electron chi connectivity index (χ3n) is 4.59. The molecular formula is C21H19N5. The first-order valence-corrected chi connectivity index (χ1v) is 8.66. The number of para-hydroxylation sites is 1. The van der Waals surface area contributed by atoms with E-state index in [1.807, 2.05) is 31.2 Å². The van der Waals surface area contributed by atoms with Crippen LogP contribution in [-0.4, -0.2) is 16.5 Å². The molecule has 2 heterocycles. The molecule has 0 radical (unpaired) electrons. The molecule has 0 saturated carbocycles. The van der Waals surface area contributed by atoms with Gasteiger partial charge in [-0.1, -0.05) is 36.4 Å². The summed E-state index contributed by atoms with van der Waals surface area (Å²) in [5.41, 5.74) is 4.95. The number of anilines is 3. The summed E-state index contributed by atoms with van der Waals surface area (Å²) in [6.07, 6.45) is 1.01. The second kappa shape index (κ2) is 6.85. The number of benzene rings is 2. The fraction of sp³-hybridized carbons (Fsp3) is 0.190. The molecule has 0 saturated heterocycles. The van der Waals surface area contributed by atoms with Crippen LogP contribution in [0, 0.1) is 18.3 Å². The number of rotatable bonds is 3. The monoisotopic (exact) mass is 341 g/mol. The van der Waals surface area contributed by atoms with Gasteiger partial charge in [-0.3, -0.25) is 0 Å². The van der Waals surface area contributed by atoms with Crippen molar-refractivity contribution < 1.29 is 0 Å². The Morgan fingerprint density at radius 1 is 1.04 bits per heavy atom. The lowest BCUT2D eigenvalue weighted by Crippen LogP contribution is -2.31. The smallest absolute Gasteiger partial charge is 0.229 e. The van der Waals surface area contributed by atoms with Gasteiger partial charge < -0.3 is 10.2 Å². The van der Waals surface area contributed by atoms with Crippen molar-refractivity contribution in [1.82, 2.24) is 9.97 Å². The number of nitrogens with one attached hydrogen (secondary N) is 1. The van der Waals surface area contributed by atoms with Crippen LogP contribution >= 0.6 is 0 Å². The maximum absolute atomic E-state index is 9.26. The quantitative estimate of drug-likeness (QED) is 0.781. The summed E-state index contributed by atoms with van der Waals surface area (Å²) in [5.74, 6) is 1.42. The maximum Gasteiger partial charge on any atom is 0.229 e. The molecule has 26 heavy (non-hydrogen) atoms. The molecular weight excluding hydrogens is 322 g/mol. The van der Waals surface area contributed by atoms with Gasteiger partial charge in [0.2, 0.25) is 5.95 Å². The van der Waals surface area contributed by atoms with E-state index in [9.17, 15) is 5.26 Å². The fourth-order valence-corrected chi connectivity index (χ4v) is 3.27. The van der Waals surface area contributed by atoms with E-state index in [1.54, 1.807) is 6.07 Å². The molecule has 0 atom stereocenters. The summed E-state index contributed by atoms with van der Waals surface area (Å²) in [4.78, 5) is 11.5. The van der Waals surface area contributed by atoms with Crippen molar-refractivity contribution in [3.8, 4) is 6.07 Å². The normalized spacial score (nSPS) is 13.0. The Hall–Kier alpha value is -3.39. The molecule has 1 aromatic heterocycles. The Morgan fingerprint density at radius 3 is 2.65 bits per heavy atom. The third kappa shape index (κ3) is 3.22. The minimum Gasteiger partial charge on any atom is -0.352 e. The number of hydrogen-bond acceptors (Lipinski definition) is 5. The van der Waals surface area contributed by atoms with Gasteiger partial charge in [0, 0.05) is 24.8 Å². The Labute approximate surface area is 153 Å². The van der Waals surface area contributed by atoms with Crippen molar-refractivity contribution in [2.24, 2.45) is 0 Å². The summed E-state index contributed by atoms with van der Waals surface area (Å²) in [7, 11) is 0. The van der Waals surface area contributed by atoms with E-state index < -0.39 is 0 Å². The zero-order valence-corrected chi connectivity index (χ0v) is 14.6. The van der Waals surface area contributed by atoms with Crippen LogP contribution in [0.3, 0.4) is 0 Å². The first-order valence-electron chi connectivity index (χ1n) is 8.66. The highest BCUT2D eigenvalue weighted by Gasteiger charge is 2.18. The van der Waals surface area contributed by atoms with Gasteiger partial charge in [-0.2, -0.15) is 10.2 Å². The fourth-order valence-electron chi connectivity index (χ4n) is 3.27. The number of nitriles is 1. The number of aromatic nitrogens is 2. The van der Waals surface area contributed by atoms with E-state index in [0.717, 1.165) is 36.7 Å². The van der Waals surface area contributed by atoms with Crippen LogP contribution in [0.25, 0.3) is 0 Å². The molecule has 1 aliphatic heterocycles. The van der Waals surface area contributed by atoms with Gasteiger partial charge in [-0.25, -0.2) is 4.98 Å². The van der Waals surface area contributed by atoms with E-state index in [-0.39, 0.29) is 0 Å². The second-order valence-electron chi connectivity index (χ2n) is 6.41. The van der Waals surface area contributed by atoms with E-state index in [2.05, 4.69) is 45.5 Å². The number of aryl methyl sites for hydroxylation is 1. The lowest BCUT2D eigenvalue weighted by atomic mass is 10.00. The summed E-state index contributed by atoms with van der Waals surface area (Å²) in [6.45, 7) is 3.74. The highest BCUT2D eigenvalue weighted by Crippen LogP contribution is 2.25. The van der Waals surface area contributed by atoms with Crippen molar-refractivity contribution in [2.45, 2.75) is 19.9 Å². The van der Waals surface area contributed by atoms with Gasteiger partial charge in [0.05, 0.1) is 11.3 Å². The van der Waals surface area contributed by atoms with Gasteiger partial charge in [-0.15, -0.1) is 0 Å². The lowest BCUT2D eigenvalue weighted by Gasteiger charge is -2.30. The minimum absolute atomic E-state index is 0.515. The molecule has 3 aromatic rings. The first-order chi connectivity index (χ1) is 12.7. The zero-order valence-electron chi connectivity index (χ0n) is 14.6. The topological polar surface area (TPSA) is 64.8 Å². The zero-order chi connectivity index (χ0) is 17.9. The molecule has 0 unspecified atom stereocenters. The molecule has 2 aromatic carbocycles. The van der Waals surface area contributed by atoms with E-state index >= 15 is 0 Å². The Morgan fingerprint density at radius 2 is 1.81 bits per heavy atom. The third-order valence-corrected chi connectivity index (χ3v) is 4.59. The van der Waals surface area contributed by atoms with E-state index in [1.165, 1.54) is 11.1 Å². The summed E-state index contributed by atoms with van der Waals surface area (Å²) in [5, 5.41) is 12.5. The van der Waals surface area contributed by atoms with Gasteiger partial charge >= 0.3 is 0 Å². The summed E-state index contributed by atoms with van der Waals surface area (Å²) < 4.78 is 0. The van der Waals surface area contributed by atoms with Crippen LogP contribution in [0.1, 0.15) is 22.4 Å². The number of nitrogens with zero attached hydrogens (tertiary/aromatic N) is 4. The van der Waals surface area contributed by atoms with Crippen molar-refractivity contribution in [3.63, 3.8) is 0 Å². The molecule has 0 fully saturated rings. The van der Waals surface area contributed by atoms with Gasteiger partial charge in [-0.05, 0) is 36.6 Å². The minimum atomic E-state index is 0.515. The molecule has 5 heteroatoms. The highest BCUT2D eigenvalue weighted by molar-refractivity contribution is 5.63. The lowest BCUT2D eigenvalue weighted by molar-refractivity contribution is 0.719. The van der Waals surface area contributed by atoms with Gasteiger partial charge in [0.15, 0.2) is 0 Å². The average molecular weight is 341 g/mol. The van der Waals surface area contributed by atoms with Crippen molar-refractivity contribution >= 4 is 17.5 Å². The predicted molar refractivity (Wildman–Crippen MR) is 102 cm³/mol. The van der Waals surface area contributed by atoms with Gasteiger partial charge in [0.25, 0.3) is 0 Å². The van der Waals surface area contributed by atoms with Crippen molar-refractivity contribution in [3.05, 3.63) is 77.0 Å². The Kier molecular flexibility index (Phi) is 4.24. The first kappa shape index (κ1) is 16.1. The van der Waals surface area contributed by atoms with Crippen LogP contribution < -0.4 is 10.2 Å². The summed E-state index contributed by atoms with van der Waals surface area (Å²) in [6, 6.07) is 20.1. The van der Waals surface area contributed by atoms with Crippen molar-refractivity contribution in [2.75, 3.05) is 16.8 Å². The Balaban J connectivity index is 1.62. The standard InChI is InChI=1S/C21H19N5/c1-15-12-20(26-11-10-16-6-2-3-8-18(16)14-26)25-21(23-15)24-19-9-5-4-7-17(19)13-22/h2-9,12H,10-11,14H2,1H3,(H,23,24,25). The molecule has 0 bridgehead atoms. The Bertz CT molecular complexity index is 990. The van der Waals surface area contributed by atoms with E-state index in [0.29, 0.717) is 11.5 Å². The molecule has 4 rings (SSSR count). The van der Waals surface area contributed by atoms with E-state index in [4.69, 9.17) is 4.98 Å². The predicted octanol–water partition coefficient (Wildman–Crippen LogP) is 3.96. The molecule has 1 N–H and O–H groups in total. The van der Waals surface area contributed by atoms with Crippen LogP contribution in [0.5, 0.6) is 0 Å². The maximum atomic E-state index is 9.26. The average Bonchev–Trinajstić information content (AvgIpc) is 2.67. The molecule has 1 aliphatic rings. The SMILES string of the molecule is Cc1cc(N2CCc3ccccc3C2)nc(Nc2ccccc2C#N)n1. The van der Waals surface area contributed by atoms with Crippen LogP contribution in [0.4, 0.5) is 17.5 Å².